The molecular formula is C13H25NO3. The van der Waals surface area contributed by atoms with Gasteiger partial charge in [-0.3, -0.25) is 9.69 Å². The zero-order valence-corrected chi connectivity index (χ0v) is 11.4. The predicted octanol–water partition coefficient (Wildman–Crippen LogP) is 1.99. The van der Waals surface area contributed by atoms with E-state index in [9.17, 15) is 4.79 Å². The van der Waals surface area contributed by atoms with Gasteiger partial charge in [0.2, 0.25) is 0 Å². The second-order valence-corrected chi connectivity index (χ2v) is 4.94. The molecule has 1 aliphatic carbocycles. The maximum absolute atomic E-state index is 10.8. The summed E-state index contributed by atoms with van der Waals surface area (Å²) in [5.41, 5.74) is 0.139. The Kier molecular flexibility index (Phi) is 4.95. The molecule has 1 saturated carbocycles. The summed E-state index contributed by atoms with van der Waals surface area (Å²) in [5, 5.41) is 8.86. The zero-order chi connectivity index (χ0) is 13.1. The third-order valence-electron chi connectivity index (χ3n) is 4.34. The second kappa shape index (κ2) is 5.83. The lowest BCUT2D eigenvalue weighted by molar-refractivity contribution is -0.172. The minimum Gasteiger partial charge on any atom is -0.480 e. The van der Waals surface area contributed by atoms with Crippen LogP contribution in [0.3, 0.4) is 0 Å². The van der Waals surface area contributed by atoms with Crippen LogP contribution in [0.4, 0.5) is 0 Å². The molecule has 0 aromatic rings. The zero-order valence-electron chi connectivity index (χ0n) is 11.4. The minimum absolute atomic E-state index is 0.116. The van der Waals surface area contributed by atoms with Gasteiger partial charge < -0.3 is 9.84 Å². The van der Waals surface area contributed by atoms with Crippen molar-refractivity contribution >= 4 is 5.97 Å². The first-order chi connectivity index (χ1) is 8.01. The molecule has 0 radical (unpaired) electrons. The number of nitrogens with zero attached hydrogens (tertiary/aromatic N) is 1. The van der Waals surface area contributed by atoms with Crippen LogP contribution in [0.2, 0.25) is 0 Å². The first-order valence-corrected chi connectivity index (χ1v) is 6.55. The van der Waals surface area contributed by atoms with Crippen LogP contribution in [-0.2, 0) is 9.53 Å². The number of carboxylic acids is 1. The Hall–Kier alpha value is -0.610. The molecule has 100 valence electrons. The lowest BCUT2D eigenvalue weighted by Crippen LogP contribution is -2.64. The van der Waals surface area contributed by atoms with Crippen molar-refractivity contribution in [2.75, 3.05) is 20.2 Å². The van der Waals surface area contributed by atoms with Gasteiger partial charge in [0.05, 0.1) is 12.6 Å². The fraction of sp³-hybridized carbons (Fsp3) is 0.923. The first kappa shape index (κ1) is 14.5. The topological polar surface area (TPSA) is 49.8 Å². The van der Waals surface area contributed by atoms with Crippen molar-refractivity contribution in [2.45, 2.75) is 52.2 Å². The summed E-state index contributed by atoms with van der Waals surface area (Å²) in [6, 6.07) is 0.338. The minimum atomic E-state index is -0.756. The molecule has 1 rings (SSSR count). The Morgan fingerprint density at radius 1 is 1.41 bits per heavy atom. The van der Waals surface area contributed by atoms with Gasteiger partial charge in [-0.15, -0.1) is 0 Å². The third-order valence-corrected chi connectivity index (χ3v) is 4.34. The molecule has 0 saturated heterocycles. The van der Waals surface area contributed by atoms with E-state index in [4.69, 9.17) is 9.84 Å². The Balaban J connectivity index is 2.71. The molecule has 0 amide bonds. The first-order valence-electron chi connectivity index (χ1n) is 6.55. The molecule has 4 heteroatoms. The molecule has 0 aromatic carbocycles. The van der Waals surface area contributed by atoms with Gasteiger partial charge in [0, 0.05) is 18.1 Å². The number of carbonyl (C=O) groups is 1. The van der Waals surface area contributed by atoms with Crippen LogP contribution in [0.5, 0.6) is 0 Å². The van der Waals surface area contributed by atoms with Crippen molar-refractivity contribution in [3.63, 3.8) is 0 Å². The number of likely N-dealkylation sites (N-methyl/N-ethyl adjacent to an activating group) is 1. The van der Waals surface area contributed by atoms with Crippen LogP contribution in [-0.4, -0.2) is 48.3 Å². The SMILES string of the molecule is CCO[C@@H]1C[C@@H](N(C)CC(=O)O)C1(CC)CC. The van der Waals surface area contributed by atoms with E-state index >= 15 is 0 Å². The van der Waals surface area contributed by atoms with Crippen LogP contribution in [0, 0.1) is 5.41 Å². The van der Waals surface area contributed by atoms with Crippen molar-refractivity contribution < 1.29 is 14.6 Å². The molecule has 17 heavy (non-hydrogen) atoms. The number of carboxylic acid groups (broad SMARTS) is 1. The van der Waals surface area contributed by atoms with Crippen LogP contribution in [0.1, 0.15) is 40.0 Å². The van der Waals surface area contributed by atoms with Gasteiger partial charge in [0.15, 0.2) is 0 Å². The molecular weight excluding hydrogens is 218 g/mol. The van der Waals surface area contributed by atoms with E-state index in [1.54, 1.807) is 0 Å². The summed E-state index contributed by atoms with van der Waals surface area (Å²) >= 11 is 0. The summed E-state index contributed by atoms with van der Waals surface area (Å²) in [6.45, 7) is 7.23. The summed E-state index contributed by atoms with van der Waals surface area (Å²) in [6.07, 6.45) is 3.34. The maximum atomic E-state index is 10.8. The van der Waals surface area contributed by atoms with E-state index in [-0.39, 0.29) is 12.0 Å². The molecule has 0 spiro atoms. The quantitative estimate of drug-likeness (QED) is 0.743. The maximum Gasteiger partial charge on any atom is 0.317 e. The van der Waals surface area contributed by atoms with Crippen molar-refractivity contribution in [1.82, 2.24) is 4.90 Å². The molecule has 0 aliphatic heterocycles. The highest BCUT2D eigenvalue weighted by Crippen LogP contribution is 2.50. The third kappa shape index (κ3) is 2.63. The average Bonchev–Trinajstić information content (AvgIpc) is 2.24. The van der Waals surface area contributed by atoms with Crippen molar-refractivity contribution in [1.29, 1.82) is 0 Å². The van der Waals surface area contributed by atoms with Crippen LogP contribution in [0.15, 0.2) is 0 Å². The van der Waals surface area contributed by atoms with Crippen LogP contribution in [0.25, 0.3) is 0 Å². The van der Waals surface area contributed by atoms with Crippen LogP contribution < -0.4 is 0 Å². The van der Waals surface area contributed by atoms with Crippen molar-refractivity contribution in [2.24, 2.45) is 5.41 Å². The highest BCUT2D eigenvalue weighted by Gasteiger charge is 2.54. The lowest BCUT2D eigenvalue weighted by atomic mass is 9.58. The van der Waals surface area contributed by atoms with Gasteiger partial charge in [-0.05, 0) is 33.2 Å². The van der Waals surface area contributed by atoms with Crippen molar-refractivity contribution in [3.05, 3.63) is 0 Å². The Morgan fingerprint density at radius 2 is 2.00 bits per heavy atom. The number of hydrogen-bond donors (Lipinski definition) is 1. The Labute approximate surface area is 104 Å². The molecule has 0 bridgehead atoms. The fourth-order valence-corrected chi connectivity index (χ4v) is 3.28. The van der Waals surface area contributed by atoms with Gasteiger partial charge in [0.1, 0.15) is 0 Å². The summed E-state index contributed by atoms with van der Waals surface area (Å²) in [7, 11) is 1.90. The lowest BCUT2D eigenvalue weighted by Gasteiger charge is -2.58. The summed E-state index contributed by atoms with van der Waals surface area (Å²) in [4.78, 5) is 12.7. The van der Waals surface area contributed by atoms with E-state index in [0.29, 0.717) is 12.1 Å². The highest BCUT2D eigenvalue weighted by atomic mass is 16.5. The molecule has 1 N–H and O–H groups in total. The van der Waals surface area contributed by atoms with E-state index < -0.39 is 5.97 Å². The van der Waals surface area contributed by atoms with Gasteiger partial charge in [-0.1, -0.05) is 13.8 Å². The van der Waals surface area contributed by atoms with Gasteiger partial charge >= 0.3 is 5.97 Å². The van der Waals surface area contributed by atoms with Crippen molar-refractivity contribution in [3.8, 4) is 0 Å². The average molecular weight is 243 g/mol. The molecule has 1 aliphatic rings. The van der Waals surface area contributed by atoms with Crippen LogP contribution >= 0.6 is 0 Å². The van der Waals surface area contributed by atoms with Gasteiger partial charge in [-0.25, -0.2) is 0 Å². The molecule has 0 heterocycles. The van der Waals surface area contributed by atoms with E-state index in [1.165, 1.54) is 0 Å². The molecule has 0 unspecified atom stereocenters. The largest absolute Gasteiger partial charge is 0.480 e. The number of hydrogen-bond acceptors (Lipinski definition) is 3. The smallest absolute Gasteiger partial charge is 0.317 e. The summed E-state index contributed by atoms with van der Waals surface area (Å²) in [5.74, 6) is -0.756. The van der Waals surface area contributed by atoms with E-state index in [1.807, 2.05) is 18.9 Å². The normalized spacial score (nSPS) is 26.9. The number of rotatable bonds is 7. The molecule has 1 fully saturated rings. The fourth-order valence-electron chi connectivity index (χ4n) is 3.28. The molecule has 0 aromatic heterocycles. The predicted molar refractivity (Wildman–Crippen MR) is 67.1 cm³/mol. The molecule has 4 nitrogen and oxygen atoms in total. The Bertz CT molecular complexity index is 263. The number of aliphatic carboxylic acids is 1. The molecule has 2 atom stereocenters. The van der Waals surface area contributed by atoms with Gasteiger partial charge in [0.25, 0.3) is 0 Å². The standard InChI is InChI=1S/C13H25NO3/c1-5-13(6-2)10(8-11(13)17-7-3)14(4)9-12(15)16/h10-11H,5-9H2,1-4H3,(H,15,16)/t10-,11-/m1/s1. The summed E-state index contributed by atoms with van der Waals surface area (Å²) < 4.78 is 5.79. The highest BCUT2D eigenvalue weighted by molar-refractivity contribution is 5.69. The van der Waals surface area contributed by atoms with Gasteiger partial charge in [-0.2, -0.15) is 0 Å². The second-order valence-electron chi connectivity index (χ2n) is 4.94. The monoisotopic (exact) mass is 243 g/mol. The van der Waals surface area contributed by atoms with E-state index in [2.05, 4.69) is 13.8 Å². The Morgan fingerprint density at radius 3 is 2.41 bits per heavy atom. The number of ether oxygens (including phenoxy) is 1. The van der Waals surface area contributed by atoms with E-state index in [0.717, 1.165) is 25.9 Å².